The van der Waals surface area contributed by atoms with E-state index in [2.05, 4.69) is 42.5 Å². The smallest absolute Gasteiger partial charge is 0.0450 e. The van der Waals surface area contributed by atoms with Gasteiger partial charge in [-0.1, -0.05) is 35.9 Å². The summed E-state index contributed by atoms with van der Waals surface area (Å²) in [7, 11) is 0. The van der Waals surface area contributed by atoms with Gasteiger partial charge in [0.1, 0.15) is 0 Å². The van der Waals surface area contributed by atoms with Gasteiger partial charge in [0.25, 0.3) is 0 Å². The SMILES string of the molecule is Clc1cc2cc3ccccc3cc2c2c1C2. The molecule has 0 N–H and O–H groups in total. The minimum Gasteiger partial charge on any atom is -0.0840 e. The van der Waals surface area contributed by atoms with E-state index >= 15 is 0 Å². The Balaban J connectivity index is 2.23. The van der Waals surface area contributed by atoms with Crippen molar-refractivity contribution in [3.8, 4) is 0 Å². The number of benzene rings is 3. The van der Waals surface area contributed by atoms with Crippen molar-refractivity contribution in [3.05, 3.63) is 58.6 Å². The molecule has 0 fully saturated rings. The van der Waals surface area contributed by atoms with Crippen LogP contribution < -0.4 is 0 Å². The standard InChI is InChI=1S/C15H9Cl/c16-15-7-11-5-9-3-1-2-4-10(9)6-12(11)13-8-14(13)15/h1-7H,8H2. The first kappa shape index (κ1) is 8.60. The number of rotatable bonds is 0. The Kier molecular flexibility index (Phi) is 1.49. The average Bonchev–Trinajstić information content (AvgIpc) is 3.08. The molecule has 3 aromatic carbocycles. The lowest BCUT2D eigenvalue weighted by molar-refractivity contribution is 1.62. The third kappa shape index (κ3) is 1.05. The summed E-state index contributed by atoms with van der Waals surface area (Å²) in [5.41, 5.74) is 2.78. The Bertz CT molecular complexity index is 741. The monoisotopic (exact) mass is 224 g/mol. The van der Waals surface area contributed by atoms with Crippen molar-refractivity contribution in [2.75, 3.05) is 0 Å². The normalized spacial score (nSPS) is 13.1. The zero-order chi connectivity index (χ0) is 10.7. The molecule has 16 heavy (non-hydrogen) atoms. The fraction of sp³-hybridized carbons (Fsp3) is 0.0667. The summed E-state index contributed by atoms with van der Waals surface area (Å²) in [4.78, 5) is 0. The fourth-order valence-electron chi connectivity index (χ4n) is 2.48. The molecule has 0 aliphatic heterocycles. The van der Waals surface area contributed by atoms with E-state index in [1.807, 2.05) is 0 Å². The molecule has 0 amide bonds. The van der Waals surface area contributed by atoms with Gasteiger partial charge in [0.15, 0.2) is 0 Å². The van der Waals surface area contributed by atoms with E-state index in [0.717, 1.165) is 11.4 Å². The lowest BCUT2D eigenvalue weighted by Gasteiger charge is -2.02. The molecule has 0 bridgehead atoms. The Labute approximate surface area is 98.5 Å². The summed E-state index contributed by atoms with van der Waals surface area (Å²) in [5, 5.41) is 6.16. The Morgan fingerprint density at radius 3 is 2.38 bits per heavy atom. The molecule has 0 atom stereocenters. The summed E-state index contributed by atoms with van der Waals surface area (Å²) in [6, 6.07) is 15.1. The van der Waals surface area contributed by atoms with Gasteiger partial charge in [0, 0.05) is 11.4 Å². The van der Waals surface area contributed by atoms with E-state index in [4.69, 9.17) is 11.6 Å². The molecule has 0 unspecified atom stereocenters. The van der Waals surface area contributed by atoms with Crippen LogP contribution in [-0.2, 0) is 6.42 Å². The van der Waals surface area contributed by atoms with Crippen LogP contribution in [0, 0.1) is 0 Å². The van der Waals surface area contributed by atoms with Gasteiger partial charge >= 0.3 is 0 Å². The molecule has 0 saturated carbocycles. The second-order valence-corrected chi connectivity index (χ2v) is 4.82. The minimum atomic E-state index is 0.929. The molecule has 1 aliphatic rings. The quantitative estimate of drug-likeness (QED) is 0.385. The Morgan fingerprint density at radius 2 is 1.56 bits per heavy atom. The second kappa shape index (κ2) is 2.78. The maximum atomic E-state index is 6.19. The lowest BCUT2D eigenvalue weighted by atomic mass is 10.0. The van der Waals surface area contributed by atoms with E-state index in [9.17, 15) is 0 Å². The van der Waals surface area contributed by atoms with Crippen LogP contribution >= 0.6 is 11.6 Å². The Morgan fingerprint density at radius 1 is 0.812 bits per heavy atom. The van der Waals surface area contributed by atoms with Gasteiger partial charge in [-0.05, 0) is 50.9 Å². The Hall–Kier alpha value is -1.53. The maximum Gasteiger partial charge on any atom is 0.0450 e. The van der Waals surface area contributed by atoms with Crippen molar-refractivity contribution < 1.29 is 0 Å². The minimum absolute atomic E-state index is 0.929. The zero-order valence-corrected chi connectivity index (χ0v) is 9.38. The molecule has 0 spiro atoms. The van der Waals surface area contributed by atoms with Crippen molar-refractivity contribution in [2.45, 2.75) is 6.42 Å². The number of halogens is 1. The molecule has 0 nitrogen and oxygen atoms in total. The van der Waals surface area contributed by atoms with Gasteiger partial charge in [-0.3, -0.25) is 0 Å². The first-order chi connectivity index (χ1) is 7.83. The van der Waals surface area contributed by atoms with Crippen molar-refractivity contribution in [3.63, 3.8) is 0 Å². The highest BCUT2D eigenvalue weighted by atomic mass is 35.5. The topological polar surface area (TPSA) is 0 Å². The largest absolute Gasteiger partial charge is 0.0840 e. The van der Waals surface area contributed by atoms with Gasteiger partial charge in [-0.15, -0.1) is 0 Å². The third-order valence-corrected chi connectivity index (χ3v) is 3.74. The van der Waals surface area contributed by atoms with Crippen LogP contribution in [0.15, 0.2) is 42.5 Å². The first-order valence-corrected chi connectivity index (χ1v) is 5.83. The average molecular weight is 225 g/mol. The second-order valence-electron chi connectivity index (χ2n) is 4.41. The summed E-state index contributed by atoms with van der Waals surface area (Å²) < 4.78 is 0. The van der Waals surface area contributed by atoms with Gasteiger partial charge in [0.2, 0.25) is 0 Å². The predicted octanol–water partition coefficient (Wildman–Crippen LogP) is 4.55. The van der Waals surface area contributed by atoms with Gasteiger partial charge in [0.05, 0.1) is 0 Å². The van der Waals surface area contributed by atoms with Crippen LogP contribution in [0.4, 0.5) is 0 Å². The number of fused-ring (bicyclic) bond motifs is 4. The van der Waals surface area contributed by atoms with Gasteiger partial charge in [-0.2, -0.15) is 0 Å². The molecule has 4 rings (SSSR count). The molecular weight excluding hydrogens is 216 g/mol. The van der Waals surface area contributed by atoms with E-state index in [1.54, 1.807) is 0 Å². The summed E-state index contributed by atoms with van der Waals surface area (Å²) in [6.45, 7) is 0. The molecular formula is C15H9Cl. The van der Waals surface area contributed by atoms with Crippen LogP contribution in [0.25, 0.3) is 21.5 Å². The summed E-state index contributed by atoms with van der Waals surface area (Å²) in [6.07, 6.45) is 1.07. The molecule has 0 aromatic heterocycles. The maximum absolute atomic E-state index is 6.19. The molecule has 76 valence electrons. The van der Waals surface area contributed by atoms with Crippen LogP contribution in [0.1, 0.15) is 11.1 Å². The molecule has 3 aromatic rings. The highest BCUT2D eigenvalue weighted by Crippen LogP contribution is 2.42. The van der Waals surface area contributed by atoms with E-state index in [0.29, 0.717) is 0 Å². The number of hydrogen-bond acceptors (Lipinski definition) is 0. The van der Waals surface area contributed by atoms with Gasteiger partial charge in [-0.25, -0.2) is 0 Å². The predicted molar refractivity (Wildman–Crippen MR) is 69.3 cm³/mol. The van der Waals surface area contributed by atoms with Crippen molar-refractivity contribution in [1.82, 2.24) is 0 Å². The third-order valence-electron chi connectivity index (χ3n) is 3.41. The highest BCUT2D eigenvalue weighted by Gasteiger charge is 2.23. The molecule has 1 heteroatoms. The lowest BCUT2D eigenvalue weighted by Crippen LogP contribution is -1.76. The molecule has 0 saturated heterocycles. The molecule has 0 heterocycles. The summed E-state index contributed by atoms with van der Waals surface area (Å²) >= 11 is 6.19. The molecule has 1 aliphatic carbocycles. The fourth-order valence-corrected chi connectivity index (χ4v) is 2.78. The van der Waals surface area contributed by atoms with Crippen LogP contribution in [-0.4, -0.2) is 0 Å². The van der Waals surface area contributed by atoms with E-state index in [1.165, 1.54) is 32.7 Å². The van der Waals surface area contributed by atoms with E-state index in [-0.39, 0.29) is 0 Å². The van der Waals surface area contributed by atoms with Crippen LogP contribution in [0.5, 0.6) is 0 Å². The van der Waals surface area contributed by atoms with Crippen molar-refractivity contribution in [2.24, 2.45) is 0 Å². The van der Waals surface area contributed by atoms with Gasteiger partial charge < -0.3 is 0 Å². The van der Waals surface area contributed by atoms with Crippen molar-refractivity contribution >= 4 is 33.1 Å². The van der Waals surface area contributed by atoms with E-state index < -0.39 is 0 Å². The highest BCUT2D eigenvalue weighted by molar-refractivity contribution is 6.33. The van der Waals surface area contributed by atoms with Crippen LogP contribution in [0.2, 0.25) is 5.02 Å². The van der Waals surface area contributed by atoms with Crippen molar-refractivity contribution in [1.29, 1.82) is 0 Å². The summed E-state index contributed by atoms with van der Waals surface area (Å²) in [5.74, 6) is 0. The zero-order valence-electron chi connectivity index (χ0n) is 8.63. The number of hydrogen-bond donors (Lipinski definition) is 0. The first-order valence-electron chi connectivity index (χ1n) is 5.46. The van der Waals surface area contributed by atoms with Crippen LogP contribution in [0.3, 0.4) is 0 Å². The molecule has 0 radical (unpaired) electrons.